The number of carbonyl (C=O) groups is 2. The highest BCUT2D eigenvalue weighted by Crippen LogP contribution is 2.32. The summed E-state index contributed by atoms with van der Waals surface area (Å²) in [5.74, 6) is 0.165. The van der Waals surface area contributed by atoms with Crippen LogP contribution in [0.1, 0.15) is 32.1 Å². The highest BCUT2D eigenvalue weighted by molar-refractivity contribution is 6.33. The first kappa shape index (κ1) is 22.8. The van der Waals surface area contributed by atoms with Gasteiger partial charge in [-0.2, -0.15) is 0 Å². The molecule has 1 aromatic carbocycles. The first-order valence-corrected chi connectivity index (χ1v) is 11.5. The smallest absolute Gasteiger partial charge is 0.243 e. The van der Waals surface area contributed by atoms with Gasteiger partial charge in [-0.1, -0.05) is 36.4 Å². The molecule has 33 heavy (non-hydrogen) atoms. The minimum atomic E-state index is -0.278. The quantitative estimate of drug-likeness (QED) is 0.377. The number of hydrogen-bond acceptors (Lipinski definition) is 5. The van der Waals surface area contributed by atoms with Crippen LogP contribution < -0.4 is 16.0 Å². The van der Waals surface area contributed by atoms with E-state index in [-0.39, 0.29) is 30.3 Å². The third-order valence-electron chi connectivity index (χ3n) is 5.80. The van der Waals surface area contributed by atoms with Crippen LogP contribution in [0, 0.1) is 0 Å². The number of hydrogen-bond donors (Lipinski definition) is 4. The summed E-state index contributed by atoms with van der Waals surface area (Å²) < 4.78 is 0. The van der Waals surface area contributed by atoms with Crippen molar-refractivity contribution in [3.05, 3.63) is 54.3 Å². The van der Waals surface area contributed by atoms with Gasteiger partial charge in [-0.15, -0.1) is 0 Å². The topological polar surface area (TPSA) is 112 Å². The Morgan fingerprint density at radius 2 is 2.06 bits per heavy atom. The predicted molar refractivity (Wildman–Crippen MR) is 130 cm³/mol. The second-order valence-electron chi connectivity index (χ2n) is 8.16. The van der Waals surface area contributed by atoms with Crippen LogP contribution >= 0.6 is 11.6 Å². The number of benzene rings is 1. The molecule has 0 spiro atoms. The Kier molecular flexibility index (Phi) is 7.24. The molecule has 172 valence electrons. The number of nitrogens with zero attached hydrogens (tertiary/aromatic N) is 2. The molecule has 0 saturated heterocycles. The van der Waals surface area contributed by atoms with E-state index in [4.69, 9.17) is 16.6 Å². The first-order valence-electron chi connectivity index (χ1n) is 11.1. The number of aromatic nitrogens is 3. The van der Waals surface area contributed by atoms with Crippen LogP contribution in [0.4, 0.5) is 5.95 Å². The van der Waals surface area contributed by atoms with Gasteiger partial charge in [0.05, 0.1) is 16.9 Å². The zero-order valence-electron chi connectivity index (χ0n) is 18.2. The van der Waals surface area contributed by atoms with Crippen molar-refractivity contribution in [2.75, 3.05) is 11.9 Å². The van der Waals surface area contributed by atoms with Gasteiger partial charge in [0, 0.05) is 47.7 Å². The van der Waals surface area contributed by atoms with Gasteiger partial charge in [0.2, 0.25) is 17.8 Å². The SMILES string of the molecule is C=CC(=O)NCCC(=O)N[C@H]1CCC[C@@H](Nc2ncc(Cl)c(-c3c[nH]c4ccccc34)n2)C1. The maximum Gasteiger partial charge on any atom is 0.243 e. The Bertz CT molecular complexity index is 1160. The number of nitrogens with one attached hydrogen (secondary N) is 4. The molecule has 9 heteroatoms. The lowest BCUT2D eigenvalue weighted by atomic mass is 9.91. The molecule has 1 fully saturated rings. The number of aromatic amines is 1. The molecule has 8 nitrogen and oxygen atoms in total. The van der Waals surface area contributed by atoms with E-state index in [9.17, 15) is 9.59 Å². The fourth-order valence-electron chi connectivity index (χ4n) is 4.20. The summed E-state index contributed by atoms with van der Waals surface area (Å²) in [7, 11) is 0. The second kappa shape index (κ2) is 10.5. The summed E-state index contributed by atoms with van der Waals surface area (Å²) in [6.07, 6.45) is 8.61. The molecule has 0 aliphatic heterocycles. The molecule has 4 N–H and O–H groups in total. The van der Waals surface area contributed by atoms with Gasteiger partial charge >= 0.3 is 0 Å². The molecule has 0 radical (unpaired) electrons. The third kappa shape index (κ3) is 5.70. The van der Waals surface area contributed by atoms with E-state index in [1.807, 2.05) is 30.5 Å². The van der Waals surface area contributed by atoms with E-state index in [1.165, 1.54) is 6.08 Å². The maximum atomic E-state index is 12.2. The highest BCUT2D eigenvalue weighted by Gasteiger charge is 2.24. The Labute approximate surface area is 197 Å². The number of anilines is 1. The van der Waals surface area contributed by atoms with Crippen LogP contribution in [0.25, 0.3) is 22.2 Å². The third-order valence-corrected chi connectivity index (χ3v) is 6.07. The molecule has 2 aromatic heterocycles. The van der Waals surface area contributed by atoms with Crippen molar-refractivity contribution in [1.82, 2.24) is 25.6 Å². The van der Waals surface area contributed by atoms with Crippen LogP contribution in [-0.2, 0) is 9.59 Å². The van der Waals surface area contributed by atoms with E-state index in [1.54, 1.807) is 6.20 Å². The zero-order valence-corrected chi connectivity index (χ0v) is 19.0. The average molecular weight is 467 g/mol. The summed E-state index contributed by atoms with van der Waals surface area (Å²) in [5.41, 5.74) is 2.62. The predicted octanol–water partition coefficient (Wildman–Crippen LogP) is 3.81. The van der Waals surface area contributed by atoms with E-state index in [0.29, 0.717) is 23.2 Å². The van der Waals surface area contributed by atoms with Crippen LogP contribution in [0.15, 0.2) is 49.3 Å². The van der Waals surface area contributed by atoms with Crippen LogP contribution in [0.3, 0.4) is 0 Å². The van der Waals surface area contributed by atoms with Crippen LogP contribution in [-0.4, -0.2) is 45.4 Å². The van der Waals surface area contributed by atoms with Crippen molar-refractivity contribution in [1.29, 1.82) is 0 Å². The largest absolute Gasteiger partial charge is 0.360 e. The minimum absolute atomic E-state index is 0.0687. The Morgan fingerprint density at radius 3 is 2.91 bits per heavy atom. The monoisotopic (exact) mass is 466 g/mol. The fourth-order valence-corrected chi connectivity index (χ4v) is 4.39. The average Bonchev–Trinajstić information content (AvgIpc) is 3.24. The van der Waals surface area contributed by atoms with Gasteiger partial charge in [0.15, 0.2) is 0 Å². The Hall–Kier alpha value is -3.39. The van der Waals surface area contributed by atoms with Gasteiger partial charge in [-0.05, 0) is 37.8 Å². The van der Waals surface area contributed by atoms with Gasteiger partial charge in [0.1, 0.15) is 0 Å². The number of carbonyl (C=O) groups excluding carboxylic acids is 2. The van der Waals surface area contributed by atoms with Crippen molar-refractivity contribution in [3.8, 4) is 11.3 Å². The lowest BCUT2D eigenvalue weighted by Gasteiger charge is -2.30. The minimum Gasteiger partial charge on any atom is -0.360 e. The van der Waals surface area contributed by atoms with Gasteiger partial charge in [-0.25, -0.2) is 9.97 Å². The standard InChI is InChI=1S/C24H27ClN6O2/c1-2-21(32)26-11-10-22(33)29-15-6-5-7-16(12-15)30-24-28-14-19(25)23(31-24)18-13-27-20-9-4-3-8-17(18)20/h2-4,8-9,13-16,27H,1,5-7,10-12H2,(H,26,32)(H,29,33)(H,28,30,31)/t15-,16+/m0/s1. The van der Waals surface area contributed by atoms with Gasteiger partial charge in [0.25, 0.3) is 0 Å². The van der Waals surface area contributed by atoms with E-state index >= 15 is 0 Å². The van der Waals surface area contributed by atoms with Crippen LogP contribution in [0.5, 0.6) is 0 Å². The van der Waals surface area contributed by atoms with Crippen molar-refractivity contribution < 1.29 is 9.59 Å². The Morgan fingerprint density at radius 1 is 1.24 bits per heavy atom. The molecule has 4 rings (SSSR count). The molecule has 2 amide bonds. The highest BCUT2D eigenvalue weighted by atomic mass is 35.5. The molecule has 1 aliphatic rings. The summed E-state index contributed by atoms with van der Waals surface area (Å²) in [4.78, 5) is 35.7. The van der Waals surface area contributed by atoms with E-state index < -0.39 is 0 Å². The summed E-state index contributed by atoms with van der Waals surface area (Å²) in [5, 5.41) is 10.6. The van der Waals surface area contributed by atoms with Crippen molar-refractivity contribution in [3.63, 3.8) is 0 Å². The van der Waals surface area contributed by atoms with E-state index in [0.717, 1.165) is 42.1 Å². The molecule has 2 atom stereocenters. The number of fused-ring (bicyclic) bond motifs is 1. The number of H-pyrrole nitrogens is 1. The fraction of sp³-hybridized carbons (Fsp3) is 0.333. The molecule has 0 unspecified atom stereocenters. The van der Waals surface area contributed by atoms with Crippen molar-refractivity contribution >= 4 is 40.3 Å². The van der Waals surface area contributed by atoms with Gasteiger partial charge in [-0.3, -0.25) is 9.59 Å². The van der Waals surface area contributed by atoms with Crippen molar-refractivity contribution in [2.24, 2.45) is 0 Å². The molecule has 1 saturated carbocycles. The molecular formula is C24H27ClN6O2. The van der Waals surface area contributed by atoms with E-state index in [2.05, 4.69) is 32.5 Å². The maximum absolute atomic E-state index is 12.2. The summed E-state index contributed by atoms with van der Waals surface area (Å²) >= 11 is 6.44. The normalized spacial score (nSPS) is 18.0. The summed E-state index contributed by atoms with van der Waals surface area (Å²) in [6, 6.07) is 8.21. The molecule has 0 bridgehead atoms. The Balaban J connectivity index is 1.38. The molecule has 3 aromatic rings. The number of rotatable bonds is 8. The number of para-hydroxylation sites is 1. The van der Waals surface area contributed by atoms with Crippen LogP contribution in [0.2, 0.25) is 5.02 Å². The van der Waals surface area contributed by atoms with Gasteiger partial charge < -0.3 is 20.9 Å². The summed E-state index contributed by atoms with van der Waals surface area (Å²) in [6.45, 7) is 3.69. The lowest BCUT2D eigenvalue weighted by molar-refractivity contribution is -0.122. The molecule has 2 heterocycles. The molecular weight excluding hydrogens is 440 g/mol. The second-order valence-corrected chi connectivity index (χ2v) is 8.56. The lowest BCUT2D eigenvalue weighted by Crippen LogP contribution is -2.42. The molecule has 1 aliphatic carbocycles. The van der Waals surface area contributed by atoms with Crippen molar-refractivity contribution in [2.45, 2.75) is 44.2 Å². The number of amides is 2. The first-order chi connectivity index (χ1) is 16.0. The number of halogens is 1. The zero-order chi connectivity index (χ0) is 23.2.